The number of ether oxygens (including phenoxy) is 1. The second kappa shape index (κ2) is 6.11. The first kappa shape index (κ1) is 15.3. The van der Waals surface area contributed by atoms with E-state index >= 15 is 0 Å². The lowest BCUT2D eigenvalue weighted by Crippen LogP contribution is -2.14. The minimum atomic E-state index is -0.647. The van der Waals surface area contributed by atoms with Gasteiger partial charge < -0.3 is 21.5 Å². The number of rotatable bonds is 4. The zero-order valence-electron chi connectivity index (χ0n) is 11.1. The van der Waals surface area contributed by atoms with Crippen molar-refractivity contribution in [1.29, 1.82) is 0 Å². The molecule has 1 amide bonds. The molecule has 0 aromatic heterocycles. The zero-order chi connectivity index (χ0) is 15.6. The highest BCUT2D eigenvalue weighted by molar-refractivity contribution is 6.35. The molecule has 0 bridgehead atoms. The van der Waals surface area contributed by atoms with Gasteiger partial charge in [-0.05, 0) is 24.3 Å². The number of anilines is 3. The topological polar surface area (TPSA) is 90.4 Å². The van der Waals surface area contributed by atoms with Crippen molar-refractivity contribution in [3.63, 3.8) is 0 Å². The summed E-state index contributed by atoms with van der Waals surface area (Å²) in [4.78, 5) is 11.5. The molecule has 0 aliphatic carbocycles. The molecule has 21 heavy (non-hydrogen) atoms. The monoisotopic (exact) mass is 325 g/mol. The fraction of sp³-hybridized carbons (Fsp3) is 0.0714. The Balaban J connectivity index is 2.51. The lowest BCUT2D eigenvalue weighted by molar-refractivity contribution is 0.100. The summed E-state index contributed by atoms with van der Waals surface area (Å²) in [5.74, 6) is -0.0418. The van der Waals surface area contributed by atoms with Crippen LogP contribution in [0.25, 0.3) is 0 Å². The van der Waals surface area contributed by atoms with E-state index in [9.17, 15) is 4.79 Å². The van der Waals surface area contributed by atoms with Gasteiger partial charge in [0.25, 0.3) is 5.91 Å². The van der Waals surface area contributed by atoms with E-state index in [0.29, 0.717) is 27.8 Å². The van der Waals surface area contributed by atoms with Crippen molar-refractivity contribution in [2.45, 2.75) is 0 Å². The lowest BCUT2D eigenvalue weighted by Gasteiger charge is -2.15. The molecule has 0 aliphatic heterocycles. The van der Waals surface area contributed by atoms with Crippen LogP contribution in [0.2, 0.25) is 10.0 Å². The average Bonchev–Trinajstić information content (AvgIpc) is 2.43. The third-order valence-electron chi connectivity index (χ3n) is 2.81. The molecule has 5 N–H and O–H groups in total. The van der Waals surface area contributed by atoms with Crippen LogP contribution < -0.4 is 21.5 Å². The van der Waals surface area contributed by atoms with Gasteiger partial charge in [-0.15, -0.1) is 0 Å². The predicted molar refractivity (Wildman–Crippen MR) is 85.7 cm³/mol. The van der Waals surface area contributed by atoms with Crippen LogP contribution in [0.1, 0.15) is 10.4 Å². The van der Waals surface area contributed by atoms with E-state index in [2.05, 4.69) is 5.32 Å². The van der Waals surface area contributed by atoms with Crippen LogP contribution in [0.15, 0.2) is 30.3 Å². The van der Waals surface area contributed by atoms with Gasteiger partial charge in [0.05, 0.1) is 34.1 Å². The molecule has 0 saturated carbocycles. The first-order chi connectivity index (χ1) is 9.92. The maximum absolute atomic E-state index is 11.5. The Labute approximate surface area is 131 Å². The maximum atomic E-state index is 11.5. The van der Waals surface area contributed by atoms with Crippen LogP contribution in [0, 0.1) is 0 Å². The molecule has 0 fully saturated rings. The largest absolute Gasteiger partial charge is 0.497 e. The van der Waals surface area contributed by atoms with Gasteiger partial charge in [0.2, 0.25) is 0 Å². The fourth-order valence-corrected chi connectivity index (χ4v) is 2.25. The van der Waals surface area contributed by atoms with Crippen LogP contribution in [-0.2, 0) is 0 Å². The Bertz CT molecular complexity index is 705. The summed E-state index contributed by atoms with van der Waals surface area (Å²) >= 11 is 12.2. The van der Waals surface area contributed by atoms with Crippen molar-refractivity contribution in [3.8, 4) is 5.75 Å². The van der Waals surface area contributed by atoms with Crippen molar-refractivity contribution < 1.29 is 9.53 Å². The summed E-state index contributed by atoms with van der Waals surface area (Å²) in [6.45, 7) is 0. The van der Waals surface area contributed by atoms with Gasteiger partial charge in [-0.1, -0.05) is 23.2 Å². The Kier molecular flexibility index (Phi) is 4.45. The van der Waals surface area contributed by atoms with Gasteiger partial charge in [-0.3, -0.25) is 4.79 Å². The van der Waals surface area contributed by atoms with Crippen LogP contribution in [0.3, 0.4) is 0 Å². The maximum Gasteiger partial charge on any atom is 0.250 e. The Hall–Kier alpha value is -2.11. The number of halogens is 2. The molecular formula is C14H13Cl2N3O2. The number of carbonyl (C=O) groups is 1. The van der Waals surface area contributed by atoms with Crippen molar-refractivity contribution >= 4 is 46.2 Å². The number of carbonyl (C=O) groups excluding carboxylic acids is 1. The third-order valence-corrected chi connectivity index (χ3v) is 3.44. The number of nitrogens with two attached hydrogens (primary N) is 2. The van der Waals surface area contributed by atoms with Crippen molar-refractivity contribution in [2.75, 3.05) is 18.2 Å². The highest BCUT2D eigenvalue weighted by Gasteiger charge is 2.15. The van der Waals surface area contributed by atoms with Crippen molar-refractivity contribution in [3.05, 3.63) is 45.9 Å². The lowest BCUT2D eigenvalue weighted by atomic mass is 10.1. The Morgan fingerprint density at radius 3 is 2.52 bits per heavy atom. The SMILES string of the molecule is COc1ccc(Cl)c(Nc2c(Cl)cc(N)cc2C(N)=O)c1. The molecule has 5 nitrogen and oxygen atoms in total. The minimum absolute atomic E-state index is 0.180. The molecule has 0 unspecified atom stereocenters. The van der Waals surface area contributed by atoms with Crippen LogP contribution in [0.4, 0.5) is 17.1 Å². The van der Waals surface area contributed by atoms with Crippen LogP contribution >= 0.6 is 23.2 Å². The van der Waals surface area contributed by atoms with Gasteiger partial charge >= 0.3 is 0 Å². The first-order valence-corrected chi connectivity index (χ1v) is 6.67. The second-order valence-electron chi connectivity index (χ2n) is 4.26. The normalized spacial score (nSPS) is 10.2. The van der Waals surface area contributed by atoms with Crippen molar-refractivity contribution in [2.24, 2.45) is 5.73 Å². The van der Waals surface area contributed by atoms with Crippen molar-refractivity contribution in [1.82, 2.24) is 0 Å². The molecule has 2 rings (SSSR count). The molecule has 0 aliphatic rings. The van der Waals surface area contributed by atoms with Gasteiger partial charge in [-0.25, -0.2) is 0 Å². The first-order valence-electron chi connectivity index (χ1n) is 5.91. The van der Waals surface area contributed by atoms with E-state index in [1.807, 2.05) is 0 Å². The van der Waals surface area contributed by atoms with E-state index in [0.717, 1.165) is 0 Å². The quantitative estimate of drug-likeness (QED) is 0.751. The van der Waals surface area contributed by atoms with Crippen LogP contribution in [0.5, 0.6) is 5.75 Å². The summed E-state index contributed by atoms with van der Waals surface area (Å²) in [6.07, 6.45) is 0. The Morgan fingerprint density at radius 2 is 1.90 bits per heavy atom. The second-order valence-corrected chi connectivity index (χ2v) is 5.07. The number of primary amides is 1. The molecule has 0 saturated heterocycles. The average molecular weight is 326 g/mol. The molecular weight excluding hydrogens is 313 g/mol. The molecule has 0 atom stereocenters. The summed E-state index contributed by atoms with van der Waals surface area (Å²) in [5, 5.41) is 3.70. The number of methoxy groups -OCH3 is 1. The number of amides is 1. The molecule has 2 aromatic rings. The molecule has 2 aromatic carbocycles. The van der Waals surface area contributed by atoms with Gasteiger partial charge in [0.15, 0.2) is 0 Å². The summed E-state index contributed by atoms with van der Waals surface area (Å²) in [5.41, 5.74) is 12.4. The number of nitrogen functional groups attached to an aromatic ring is 1. The standard InChI is InChI=1S/C14H13Cl2N3O2/c1-21-8-2-3-10(15)12(6-8)19-13-9(14(18)20)4-7(17)5-11(13)16/h2-6,19H,17H2,1H3,(H2,18,20). The summed E-state index contributed by atoms with van der Waals surface area (Å²) in [7, 11) is 1.54. The minimum Gasteiger partial charge on any atom is -0.497 e. The highest BCUT2D eigenvalue weighted by atomic mass is 35.5. The highest BCUT2D eigenvalue weighted by Crippen LogP contribution is 2.35. The third kappa shape index (κ3) is 3.32. The van der Waals surface area contributed by atoms with E-state index in [1.165, 1.54) is 19.2 Å². The number of nitrogens with one attached hydrogen (secondary N) is 1. The molecule has 0 heterocycles. The molecule has 7 heteroatoms. The van der Waals surface area contributed by atoms with Gasteiger partial charge in [0.1, 0.15) is 5.75 Å². The fourth-order valence-electron chi connectivity index (χ4n) is 1.81. The predicted octanol–water partition coefficient (Wildman–Crippen LogP) is 3.43. The summed E-state index contributed by atoms with van der Waals surface area (Å²) < 4.78 is 5.13. The number of hydrogen-bond acceptors (Lipinski definition) is 4. The van der Waals surface area contributed by atoms with Gasteiger partial charge in [0, 0.05) is 11.8 Å². The van der Waals surface area contributed by atoms with Gasteiger partial charge in [-0.2, -0.15) is 0 Å². The van der Waals surface area contributed by atoms with E-state index in [1.54, 1.807) is 18.2 Å². The van der Waals surface area contributed by atoms with E-state index in [4.69, 9.17) is 39.4 Å². The zero-order valence-corrected chi connectivity index (χ0v) is 12.6. The number of benzene rings is 2. The van der Waals surface area contributed by atoms with Crippen LogP contribution in [-0.4, -0.2) is 13.0 Å². The van der Waals surface area contributed by atoms with E-state index in [-0.39, 0.29) is 10.6 Å². The van der Waals surface area contributed by atoms with E-state index < -0.39 is 5.91 Å². The summed E-state index contributed by atoms with van der Waals surface area (Å²) in [6, 6.07) is 8.03. The smallest absolute Gasteiger partial charge is 0.250 e. The molecule has 0 spiro atoms. The Morgan fingerprint density at radius 1 is 1.19 bits per heavy atom. The molecule has 110 valence electrons. The number of hydrogen-bond donors (Lipinski definition) is 3. The molecule has 0 radical (unpaired) electrons.